The highest BCUT2D eigenvalue weighted by molar-refractivity contribution is 7.18. The monoisotopic (exact) mass is 468 g/mol. The average Bonchev–Trinajstić information content (AvgIpc) is 3.19. The molecule has 1 N–H and O–H groups in total. The maximum Gasteiger partial charge on any atom is 0.274 e. The first-order chi connectivity index (χ1) is 16.0. The second kappa shape index (κ2) is 9.18. The number of aryl methyl sites for hydroxylation is 3. The fraction of sp³-hybridized carbons (Fsp3) is 0.522. The van der Waals surface area contributed by atoms with Crippen LogP contribution in [0.2, 0.25) is 0 Å². The molecule has 1 fully saturated rings. The number of amides is 1. The first-order valence-corrected chi connectivity index (χ1v) is 12.5. The van der Waals surface area contributed by atoms with Gasteiger partial charge in [0, 0.05) is 43.7 Å². The Balaban J connectivity index is 1.25. The van der Waals surface area contributed by atoms with Gasteiger partial charge in [0.15, 0.2) is 0 Å². The Bertz CT molecular complexity index is 1300. The van der Waals surface area contributed by atoms with E-state index in [1.165, 1.54) is 33.7 Å². The minimum absolute atomic E-state index is 0.0310. The summed E-state index contributed by atoms with van der Waals surface area (Å²) in [7, 11) is 0. The topological polar surface area (TPSA) is 104 Å². The summed E-state index contributed by atoms with van der Waals surface area (Å²) in [5.74, 6) is 0.524. The molecule has 1 amide bonds. The van der Waals surface area contributed by atoms with E-state index in [4.69, 9.17) is 4.98 Å². The van der Waals surface area contributed by atoms with Crippen LogP contribution in [0.3, 0.4) is 0 Å². The van der Waals surface area contributed by atoms with Gasteiger partial charge in [0.1, 0.15) is 16.3 Å². The van der Waals surface area contributed by atoms with Crippen LogP contribution in [-0.4, -0.2) is 61.6 Å². The third kappa shape index (κ3) is 4.37. The fourth-order valence-electron chi connectivity index (χ4n) is 4.70. The number of rotatable bonds is 5. The smallest absolute Gasteiger partial charge is 0.274 e. The van der Waals surface area contributed by atoms with E-state index in [1.807, 2.05) is 6.92 Å². The molecule has 0 aromatic carbocycles. The summed E-state index contributed by atoms with van der Waals surface area (Å²) in [6.45, 7) is 5.51. The summed E-state index contributed by atoms with van der Waals surface area (Å²) in [6.07, 6.45) is 5.12. The van der Waals surface area contributed by atoms with Crippen molar-refractivity contribution in [1.29, 1.82) is 0 Å². The van der Waals surface area contributed by atoms with Crippen LogP contribution in [0.5, 0.6) is 0 Å². The third-order valence-corrected chi connectivity index (χ3v) is 7.61. The summed E-state index contributed by atoms with van der Waals surface area (Å²) in [4.78, 5) is 51.4. The lowest BCUT2D eigenvalue weighted by atomic mass is 9.97. The number of aromatic amines is 1. The summed E-state index contributed by atoms with van der Waals surface area (Å²) in [5.41, 5.74) is 1.28. The molecule has 0 spiro atoms. The molecule has 9 nitrogen and oxygen atoms in total. The molecular formula is C23H28N6O3S. The van der Waals surface area contributed by atoms with E-state index in [9.17, 15) is 14.4 Å². The number of hydrogen-bond donors (Lipinski definition) is 1. The van der Waals surface area contributed by atoms with E-state index in [0.717, 1.165) is 35.9 Å². The number of hydrogen-bond acceptors (Lipinski definition) is 7. The van der Waals surface area contributed by atoms with Crippen LogP contribution in [-0.2, 0) is 25.9 Å². The highest BCUT2D eigenvalue weighted by Crippen LogP contribution is 2.33. The highest BCUT2D eigenvalue weighted by atomic mass is 32.1. The predicted molar refractivity (Wildman–Crippen MR) is 127 cm³/mol. The van der Waals surface area contributed by atoms with Crippen LogP contribution in [0.15, 0.2) is 21.7 Å². The zero-order valence-electron chi connectivity index (χ0n) is 18.8. The maximum atomic E-state index is 12.9. The van der Waals surface area contributed by atoms with Crippen molar-refractivity contribution in [3.8, 4) is 0 Å². The molecule has 1 aliphatic carbocycles. The molecular weight excluding hydrogens is 440 g/mol. The molecule has 1 saturated heterocycles. The number of fused-ring (bicyclic) bond motifs is 3. The summed E-state index contributed by atoms with van der Waals surface area (Å²) < 4.78 is 1.35. The minimum Gasteiger partial charge on any atom is -0.335 e. The van der Waals surface area contributed by atoms with Gasteiger partial charge in [0.05, 0.1) is 11.9 Å². The van der Waals surface area contributed by atoms with Crippen molar-refractivity contribution >= 4 is 27.5 Å². The highest BCUT2D eigenvalue weighted by Gasteiger charge is 2.25. The number of aromatic nitrogens is 4. The Morgan fingerprint density at radius 3 is 2.70 bits per heavy atom. The number of carbonyl (C=O) groups excluding carboxylic acids is 1. The zero-order valence-corrected chi connectivity index (χ0v) is 19.6. The molecule has 10 heteroatoms. The normalized spacial score (nSPS) is 16.8. The van der Waals surface area contributed by atoms with E-state index in [0.29, 0.717) is 50.8 Å². The quantitative estimate of drug-likeness (QED) is 0.612. The van der Waals surface area contributed by atoms with Crippen molar-refractivity contribution in [3.63, 3.8) is 0 Å². The van der Waals surface area contributed by atoms with Crippen LogP contribution in [0.1, 0.15) is 52.9 Å². The second-order valence-electron chi connectivity index (χ2n) is 8.75. The second-order valence-corrected chi connectivity index (χ2v) is 9.84. The first kappa shape index (κ1) is 22.0. The number of thiophene rings is 1. The lowest BCUT2D eigenvalue weighted by molar-refractivity contribution is 0.0617. The van der Waals surface area contributed by atoms with Gasteiger partial charge in [-0.25, -0.2) is 9.67 Å². The van der Waals surface area contributed by atoms with Gasteiger partial charge in [-0.3, -0.25) is 19.3 Å². The van der Waals surface area contributed by atoms with Gasteiger partial charge in [0.25, 0.3) is 17.0 Å². The molecule has 174 valence electrons. The molecule has 0 unspecified atom stereocenters. The molecule has 4 heterocycles. The zero-order chi connectivity index (χ0) is 22.9. The molecule has 2 aliphatic rings. The molecule has 33 heavy (non-hydrogen) atoms. The SMILES string of the molecule is CCCn1nc(C(=O)N2CCN(Cc3nc4sc5c(c4c(=O)[nH]3)CCCC5)CC2)ccc1=O. The van der Waals surface area contributed by atoms with Gasteiger partial charge in [-0.2, -0.15) is 5.10 Å². The molecule has 0 radical (unpaired) electrons. The fourth-order valence-corrected chi connectivity index (χ4v) is 5.98. The van der Waals surface area contributed by atoms with Crippen LogP contribution in [0.4, 0.5) is 0 Å². The largest absolute Gasteiger partial charge is 0.335 e. The summed E-state index contributed by atoms with van der Waals surface area (Å²) >= 11 is 1.66. The van der Waals surface area contributed by atoms with Crippen LogP contribution in [0, 0.1) is 0 Å². The van der Waals surface area contributed by atoms with Crippen molar-refractivity contribution in [3.05, 3.63) is 54.8 Å². The van der Waals surface area contributed by atoms with Gasteiger partial charge in [-0.1, -0.05) is 6.92 Å². The molecule has 3 aromatic rings. The Hall–Kier alpha value is -2.85. The Kier molecular flexibility index (Phi) is 6.11. The number of nitrogens with one attached hydrogen (secondary N) is 1. The minimum atomic E-state index is -0.191. The van der Waals surface area contributed by atoms with E-state index in [1.54, 1.807) is 16.2 Å². The van der Waals surface area contributed by atoms with Gasteiger partial charge in [0.2, 0.25) is 0 Å². The van der Waals surface area contributed by atoms with Crippen LogP contribution in [0.25, 0.3) is 10.2 Å². The van der Waals surface area contributed by atoms with E-state index in [2.05, 4.69) is 15.0 Å². The van der Waals surface area contributed by atoms with Gasteiger partial charge >= 0.3 is 0 Å². The van der Waals surface area contributed by atoms with Gasteiger partial charge in [-0.15, -0.1) is 11.3 Å². The Morgan fingerprint density at radius 1 is 1.12 bits per heavy atom. The standard InChI is InChI=1S/C23H28N6O3S/c1-2-9-29-19(30)8-7-16(26-29)23(32)28-12-10-27(11-13-28)14-18-24-21(31)20-15-5-3-4-6-17(15)33-22(20)25-18/h7-8H,2-6,9-14H2,1H3,(H,24,25,31). The molecule has 3 aromatic heterocycles. The maximum absolute atomic E-state index is 12.9. The van der Waals surface area contributed by atoms with Gasteiger partial charge < -0.3 is 9.88 Å². The molecule has 0 saturated carbocycles. The number of nitrogens with zero attached hydrogens (tertiary/aromatic N) is 5. The lowest BCUT2D eigenvalue weighted by Gasteiger charge is -2.34. The number of H-pyrrole nitrogens is 1. The van der Waals surface area contributed by atoms with Crippen LogP contribution >= 0.6 is 11.3 Å². The number of piperazine rings is 1. The summed E-state index contributed by atoms with van der Waals surface area (Å²) in [5, 5.41) is 5.02. The van der Waals surface area contributed by atoms with E-state index >= 15 is 0 Å². The molecule has 5 rings (SSSR count). The van der Waals surface area contributed by atoms with Crippen molar-refractivity contribution < 1.29 is 4.79 Å². The Morgan fingerprint density at radius 2 is 1.91 bits per heavy atom. The summed E-state index contributed by atoms with van der Waals surface area (Å²) in [6, 6.07) is 2.92. The van der Waals surface area contributed by atoms with Gasteiger partial charge in [-0.05, 0) is 43.7 Å². The predicted octanol–water partition coefficient (Wildman–Crippen LogP) is 1.79. The lowest BCUT2D eigenvalue weighted by Crippen LogP contribution is -2.49. The van der Waals surface area contributed by atoms with Crippen molar-refractivity contribution in [1.82, 2.24) is 29.5 Å². The van der Waals surface area contributed by atoms with Crippen molar-refractivity contribution in [2.75, 3.05) is 26.2 Å². The van der Waals surface area contributed by atoms with Crippen LogP contribution < -0.4 is 11.1 Å². The molecule has 0 atom stereocenters. The average molecular weight is 469 g/mol. The Labute approximate surface area is 195 Å². The van der Waals surface area contributed by atoms with E-state index < -0.39 is 0 Å². The number of carbonyl (C=O) groups is 1. The molecule has 0 bridgehead atoms. The molecule has 1 aliphatic heterocycles. The van der Waals surface area contributed by atoms with Crippen molar-refractivity contribution in [2.45, 2.75) is 52.1 Å². The van der Waals surface area contributed by atoms with Crippen molar-refractivity contribution in [2.24, 2.45) is 0 Å². The first-order valence-electron chi connectivity index (χ1n) is 11.7. The third-order valence-electron chi connectivity index (χ3n) is 6.43. The van der Waals surface area contributed by atoms with E-state index in [-0.39, 0.29) is 17.0 Å².